The average molecular weight is 408 g/mol. The molecule has 162 valence electrons. The molecule has 3 aromatic rings. The first-order valence-corrected chi connectivity index (χ1v) is 11.4. The Hall–Kier alpha value is -2.37. The van der Waals surface area contributed by atoms with Crippen LogP contribution in [0.4, 0.5) is 11.4 Å². The summed E-state index contributed by atoms with van der Waals surface area (Å²) in [7, 11) is 0. The summed E-state index contributed by atoms with van der Waals surface area (Å²) in [6, 6.07) is 11.1. The molecule has 0 fully saturated rings. The minimum Gasteiger partial charge on any atom is -0.383 e. The van der Waals surface area contributed by atoms with Gasteiger partial charge >= 0.3 is 0 Å². The molecule has 1 heterocycles. The molecule has 2 aromatic carbocycles. The number of benzene rings is 2. The smallest absolute Gasteiger partial charge is 0.0422 e. The molecular formula is C25H37N5. The highest BCUT2D eigenvalue weighted by molar-refractivity contribution is 6.08. The molecule has 0 aliphatic rings. The summed E-state index contributed by atoms with van der Waals surface area (Å²) in [5, 5.41) is 12.3. The number of nitrogens with one attached hydrogen (secondary N) is 2. The zero-order valence-corrected chi connectivity index (χ0v) is 19.0. The van der Waals surface area contributed by atoms with E-state index >= 15 is 0 Å². The minimum atomic E-state index is 0.941. The number of fused-ring (bicyclic) bond motifs is 2. The number of hydrogen-bond donors (Lipinski definition) is 2. The van der Waals surface area contributed by atoms with E-state index in [2.05, 4.69) is 83.4 Å². The molecule has 0 amide bonds. The van der Waals surface area contributed by atoms with Gasteiger partial charge in [-0.1, -0.05) is 27.7 Å². The highest BCUT2D eigenvalue weighted by Crippen LogP contribution is 2.33. The molecule has 0 saturated heterocycles. The van der Waals surface area contributed by atoms with Crippen LogP contribution in [-0.2, 0) is 0 Å². The lowest BCUT2D eigenvalue weighted by atomic mass is 10.0. The molecule has 0 spiro atoms. The maximum absolute atomic E-state index is 4.32. The Bertz CT molecular complexity index is 855. The Morgan fingerprint density at radius 2 is 1.20 bits per heavy atom. The third-order valence-electron chi connectivity index (χ3n) is 6.05. The SMILES string of the molecule is CCN(CC)CCNc1ccc(NCCN(CC)CC)c2cc3cnccc3cc12. The van der Waals surface area contributed by atoms with Crippen LogP contribution in [0.25, 0.3) is 21.5 Å². The van der Waals surface area contributed by atoms with Crippen LogP contribution in [0, 0.1) is 0 Å². The fourth-order valence-electron chi connectivity index (χ4n) is 4.01. The first kappa shape index (κ1) is 22.3. The van der Waals surface area contributed by atoms with Gasteiger partial charge in [0.15, 0.2) is 0 Å². The van der Waals surface area contributed by atoms with Gasteiger partial charge in [-0.25, -0.2) is 0 Å². The van der Waals surface area contributed by atoms with E-state index in [0.29, 0.717) is 0 Å². The predicted octanol–water partition coefficient (Wildman–Crippen LogP) is 4.90. The largest absolute Gasteiger partial charge is 0.383 e. The Kier molecular flexibility index (Phi) is 8.29. The summed E-state index contributed by atoms with van der Waals surface area (Å²) < 4.78 is 0. The predicted molar refractivity (Wildman–Crippen MR) is 132 cm³/mol. The third-order valence-corrected chi connectivity index (χ3v) is 6.05. The van der Waals surface area contributed by atoms with Crippen molar-refractivity contribution in [3.8, 4) is 0 Å². The second-order valence-corrected chi connectivity index (χ2v) is 7.69. The van der Waals surface area contributed by atoms with E-state index in [4.69, 9.17) is 0 Å². The van der Waals surface area contributed by atoms with E-state index in [1.165, 1.54) is 32.9 Å². The van der Waals surface area contributed by atoms with Crippen LogP contribution in [0.2, 0.25) is 0 Å². The van der Waals surface area contributed by atoms with Crippen LogP contribution < -0.4 is 10.6 Å². The Labute approximate surface area is 181 Å². The molecule has 1 aromatic heterocycles. The standard InChI is InChI=1S/C25H37N5/c1-5-29(6-2)15-13-27-24-9-10-25(28-14-16-30(7-3)8-4)23-18-21-19-26-12-11-20(21)17-22(23)24/h9-12,17-19,27-28H,5-8,13-16H2,1-4H3. The van der Waals surface area contributed by atoms with Crippen molar-refractivity contribution in [2.75, 3.05) is 63.0 Å². The highest BCUT2D eigenvalue weighted by atomic mass is 15.1. The first-order chi connectivity index (χ1) is 14.7. The van der Waals surface area contributed by atoms with Crippen LogP contribution in [-0.4, -0.2) is 67.1 Å². The van der Waals surface area contributed by atoms with Crippen molar-refractivity contribution in [2.45, 2.75) is 27.7 Å². The summed E-state index contributed by atoms with van der Waals surface area (Å²) >= 11 is 0. The van der Waals surface area contributed by atoms with Crippen LogP contribution in [0.1, 0.15) is 27.7 Å². The number of pyridine rings is 1. The van der Waals surface area contributed by atoms with Gasteiger partial charge in [-0.15, -0.1) is 0 Å². The van der Waals surface area contributed by atoms with Gasteiger partial charge in [-0.2, -0.15) is 0 Å². The molecule has 30 heavy (non-hydrogen) atoms. The number of hydrogen-bond acceptors (Lipinski definition) is 5. The summed E-state index contributed by atoms with van der Waals surface area (Å²) in [4.78, 5) is 9.20. The molecule has 5 heteroatoms. The maximum Gasteiger partial charge on any atom is 0.0422 e. The van der Waals surface area contributed by atoms with E-state index in [-0.39, 0.29) is 0 Å². The minimum absolute atomic E-state index is 0.941. The third kappa shape index (κ3) is 5.41. The zero-order valence-electron chi connectivity index (χ0n) is 19.0. The van der Waals surface area contributed by atoms with Gasteiger partial charge in [0.1, 0.15) is 0 Å². The maximum atomic E-state index is 4.32. The van der Waals surface area contributed by atoms with E-state index in [1.807, 2.05) is 12.4 Å². The lowest BCUT2D eigenvalue weighted by Crippen LogP contribution is -2.29. The van der Waals surface area contributed by atoms with Crippen LogP contribution in [0.3, 0.4) is 0 Å². The number of rotatable bonds is 12. The highest BCUT2D eigenvalue weighted by Gasteiger charge is 2.09. The molecule has 0 bridgehead atoms. The lowest BCUT2D eigenvalue weighted by Gasteiger charge is -2.21. The topological polar surface area (TPSA) is 43.4 Å². The second kappa shape index (κ2) is 11.1. The van der Waals surface area contributed by atoms with Gasteiger partial charge in [0.25, 0.3) is 0 Å². The summed E-state index contributed by atoms with van der Waals surface area (Å²) in [5.41, 5.74) is 2.39. The zero-order chi connectivity index (χ0) is 21.3. The number of aromatic nitrogens is 1. The van der Waals surface area contributed by atoms with Crippen LogP contribution >= 0.6 is 0 Å². The normalized spacial score (nSPS) is 11.7. The van der Waals surface area contributed by atoms with Gasteiger partial charge in [0.05, 0.1) is 0 Å². The Morgan fingerprint density at radius 3 is 1.70 bits per heavy atom. The van der Waals surface area contributed by atoms with Gasteiger partial charge in [0.2, 0.25) is 0 Å². The van der Waals surface area contributed by atoms with Gasteiger partial charge < -0.3 is 20.4 Å². The van der Waals surface area contributed by atoms with E-state index < -0.39 is 0 Å². The van der Waals surface area contributed by atoms with E-state index in [1.54, 1.807) is 0 Å². The molecule has 0 atom stereocenters. The molecule has 0 radical (unpaired) electrons. The number of anilines is 2. The fourth-order valence-corrected chi connectivity index (χ4v) is 4.01. The lowest BCUT2D eigenvalue weighted by molar-refractivity contribution is 0.316. The quantitative estimate of drug-likeness (QED) is 0.418. The summed E-state index contributed by atoms with van der Waals surface area (Å²) in [6.45, 7) is 17.2. The molecule has 5 nitrogen and oxygen atoms in total. The van der Waals surface area contributed by atoms with Crippen LogP contribution in [0.5, 0.6) is 0 Å². The molecule has 0 aliphatic heterocycles. The molecular weight excluding hydrogens is 370 g/mol. The molecule has 0 unspecified atom stereocenters. The average Bonchev–Trinajstić information content (AvgIpc) is 2.79. The summed E-state index contributed by atoms with van der Waals surface area (Å²) in [6.07, 6.45) is 3.82. The molecule has 3 rings (SSSR count). The fraction of sp³-hybridized carbons (Fsp3) is 0.480. The number of nitrogens with zero attached hydrogens (tertiary/aromatic N) is 3. The van der Waals surface area contributed by atoms with Crippen molar-refractivity contribution in [1.29, 1.82) is 0 Å². The van der Waals surface area contributed by atoms with Crippen molar-refractivity contribution < 1.29 is 0 Å². The Morgan fingerprint density at radius 1 is 0.700 bits per heavy atom. The summed E-state index contributed by atoms with van der Waals surface area (Å²) in [5.74, 6) is 0. The van der Waals surface area contributed by atoms with Crippen molar-refractivity contribution in [2.24, 2.45) is 0 Å². The van der Waals surface area contributed by atoms with Crippen molar-refractivity contribution in [1.82, 2.24) is 14.8 Å². The molecule has 0 saturated carbocycles. The van der Waals surface area contributed by atoms with Crippen molar-refractivity contribution in [3.63, 3.8) is 0 Å². The number of likely N-dealkylation sites (N-methyl/N-ethyl adjacent to an activating group) is 2. The van der Waals surface area contributed by atoms with Crippen molar-refractivity contribution >= 4 is 32.9 Å². The van der Waals surface area contributed by atoms with E-state index in [9.17, 15) is 0 Å². The van der Waals surface area contributed by atoms with Crippen LogP contribution in [0.15, 0.2) is 42.7 Å². The van der Waals surface area contributed by atoms with Gasteiger partial charge in [-0.3, -0.25) is 4.98 Å². The van der Waals surface area contributed by atoms with Gasteiger partial charge in [-0.05, 0) is 61.9 Å². The second-order valence-electron chi connectivity index (χ2n) is 7.69. The first-order valence-electron chi connectivity index (χ1n) is 11.4. The molecule has 0 aliphatic carbocycles. The monoisotopic (exact) mass is 407 g/mol. The molecule has 2 N–H and O–H groups in total. The van der Waals surface area contributed by atoms with Crippen molar-refractivity contribution in [3.05, 3.63) is 42.7 Å². The van der Waals surface area contributed by atoms with Gasteiger partial charge in [0, 0.05) is 66.1 Å². The van der Waals surface area contributed by atoms with E-state index in [0.717, 1.165) is 52.4 Å². The Balaban J connectivity index is 1.87.